The third-order valence-electron chi connectivity index (χ3n) is 3.42. The standard InChI is InChI=1S/C16H23N3/c1-4-9-13(17-5-2)12-15-14-10-7-8-11-16(14)19(6-3)18-15/h4,7-8,10-11,13,17H,1,5-6,9,12H2,2-3H3. The molecule has 0 bridgehead atoms. The van der Waals surface area contributed by atoms with Crippen molar-refractivity contribution in [2.45, 2.75) is 39.3 Å². The number of rotatable bonds is 7. The molecular weight excluding hydrogens is 234 g/mol. The first kappa shape index (κ1) is 13.8. The molecule has 2 aromatic rings. The SMILES string of the molecule is C=CCC(Cc1nn(CC)c2ccccc12)NCC. The van der Waals surface area contributed by atoms with Crippen LogP contribution in [-0.2, 0) is 13.0 Å². The number of likely N-dealkylation sites (N-methyl/N-ethyl adjacent to an activating group) is 1. The number of benzene rings is 1. The first-order valence-corrected chi connectivity index (χ1v) is 7.08. The second-order valence-corrected chi connectivity index (χ2v) is 4.76. The van der Waals surface area contributed by atoms with Gasteiger partial charge in [0.25, 0.3) is 0 Å². The molecule has 0 spiro atoms. The van der Waals surface area contributed by atoms with Gasteiger partial charge in [0, 0.05) is 24.4 Å². The second-order valence-electron chi connectivity index (χ2n) is 4.76. The van der Waals surface area contributed by atoms with E-state index in [1.807, 2.05) is 6.08 Å². The fourth-order valence-corrected chi connectivity index (χ4v) is 2.55. The van der Waals surface area contributed by atoms with Gasteiger partial charge >= 0.3 is 0 Å². The molecule has 19 heavy (non-hydrogen) atoms. The number of nitrogens with one attached hydrogen (secondary N) is 1. The Bertz CT molecular complexity index is 542. The summed E-state index contributed by atoms with van der Waals surface area (Å²) in [5.41, 5.74) is 2.42. The number of aromatic nitrogens is 2. The molecule has 0 aliphatic heterocycles. The van der Waals surface area contributed by atoms with E-state index in [-0.39, 0.29) is 0 Å². The van der Waals surface area contributed by atoms with Crippen molar-refractivity contribution in [1.82, 2.24) is 15.1 Å². The zero-order chi connectivity index (χ0) is 13.7. The Morgan fingerprint density at radius 3 is 2.84 bits per heavy atom. The number of para-hydroxylation sites is 1. The zero-order valence-electron chi connectivity index (χ0n) is 11.9. The lowest BCUT2D eigenvalue weighted by Gasteiger charge is -2.14. The first-order valence-electron chi connectivity index (χ1n) is 7.08. The Labute approximate surface area is 115 Å². The Hall–Kier alpha value is -1.61. The van der Waals surface area contributed by atoms with Crippen molar-refractivity contribution < 1.29 is 0 Å². The van der Waals surface area contributed by atoms with Gasteiger partial charge in [0.1, 0.15) is 0 Å². The van der Waals surface area contributed by atoms with Crippen LogP contribution in [0, 0.1) is 0 Å². The smallest absolute Gasteiger partial charge is 0.0718 e. The van der Waals surface area contributed by atoms with Crippen LogP contribution in [0.15, 0.2) is 36.9 Å². The molecule has 1 unspecified atom stereocenters. The number of nitrogens with zero attached hydrogens (tertiary/aromatic N) is 2. The van der Waals surface area contributed by atoms with Crippen LogP contribution in [-0.4, -0.2) is 22.4 Å². The van der Waals surface area contributed by atoms with Crippen LogP contribution in [0.3, 0.4) is 0 Å². The van der Waals surface area contributed by atoms with Crippen molar-refractivity contribution in [2.24, 2.45) is 0 Å². The van der Waals surface area contributed by atoms with E-state index in [2.05, 4.69) is 54.7 Å². The van der Waals surface area contributed by atoms with Crippen LogP contribution in [0.4, 0.5) is 0 Å². The molecule has 1 aromatic carbocycles. The van der Waals surface area contributed by atoms with E-state index in [1.54, 1.807) is 0 Å². The lowest BCUT2D eigenvalue weighted by molar-refractivity contribution is 0.520. The summed E-state index contributed by atoms with van der Waals surface area (Å²) in [4.78, 5) is 0. The van der Waals surface area contributed by atoms with E-state index >= 15 is 0 Å². The Kier molecular flexibility index (Phi) is 4.74. The molecule has 102 valence electrons. The van der Waals surface area contributed by atoms with E-state index in [9.17, 15) is 0 Å². The van der Waals surface area contributed by atoms with Crippen LogP contribution in [0.2, 0.25) is 0 Å². The minimum Gasteiger partial charge on any atom is -0.314 e. The quantitative estimate of drug-likeness (QED) is 0.772. The average molecular weight is 257 g/mol. The summed E-state index contributed by atoms with van der Waals surface area (Å²) in [5.74, 6) is 0. The number of hydrogen-bond donors (Lipinski definition) is 1. The molecule has 3 heteroatoms. The molecule has 0 radical (unpaired) electrons. The monoisotopic (exact) mass is 257 g/mol. The van der Waals surface area contributed by atoms with Crippen LogP contribution in [0.25, 0.3) is 10.9 Å². The first-order chi connectivity index (χ1) is 9.30. The summed E-state index contributed by atoms with van der Waals surface area (Å²) in [6.45, 7) is 10.0. The van der Waals surface area contributed by atoms with Crippen LogP contribution in [0.1, 0.15) is 26.0 Å². The molecule has 1 aromatic heterocycles. The predicted octanol–water partition coefficient (Wildman–Crippen LogP) is 3.15. The highest BCUT2D eigenvalue weighted by atomic mass is 15.3. The summed E-state index contributed by atoms with van der Waals surface area (Å²) in [6.07, 6.45) is 3.90. The van der Waals surface area contributed by atoms with Gasteiger partial charge in [0.05, 0.1) is 11.2 Å². The van der Waals surface area contributed by atoms with E-state index in [4.69, 9.17) is 5.10 Å². The highest BCUT2D eigenvalue weighted by Gasteiger charge is 2.13. The fraction of sp³-hybridized carbons (Fsp3) is 0.438. The Balaban J connectivity index is 2.31. The minimum atomic E-state index is 0.422. The molecule has 0 saturated heterocycles. The maximum Gasteiger partial charge on any atom is 0.0718 e. The third kappa shape index (κ3) is 3.04. The van der Waals surface area contributed by atoms with Crippen molar-refractivity contribution in [3.05, 3.63) is 42.6 Å². The molecule has 3 nitrogen and oxygen atoms in total. The van der Waals surface area contributed by atoms with Crippen molar-refractivity contribution in [1.29, 1.82) is 0 Å². The summed E-state index contributed by atoms with van der Waals surface area (Å²) >= 11 is 0. The summed E-state index contributed by atoms with van der Waals surface area (Å²) < 4.78 is 2.08. The molecule has 0 amide bonds. The molecule has 1 N–H and O–H groups in total. The number of aryl methyl sites for hydroxylation is 1. The van der Waals surface area contributed by atoms with Crippen molar-refractivity contribution in [3.8, 4) is 0 Å². The molecular formula is C16H23N3. The van der Waals surface area contributed by atoms with E-state index < -0.39 is 0 Å². The lowest BCUT2D eigenvalue weighted by atomic mass is 10.1. The highest BCUT2D eigenvalue weighted by molar-refractivity contribution is 5.82. The molecule has 0 fully saturated rings. The Morgan fingerprint density at radius 2 is 2.16 bits per heavy atom. The van der Waals surface area contributed by atoms with Gasteiger partial charge in [-0.15, -0.1) is 6.58 Å². The fourth-order valence-electron chi connectivity index (χ4n) is 2.55. The van der Waals surface area contributed by atoms with E-state index in [1.165, 1.54) is 16.6 Å². The average Bonchev–Trinajstić information content (AvgIpc) is 2.78. The topological polar surface area (TPSA) is 29.9 Å². The summed E-state index contributed by atoms with van der Waals surface area (Å²) in [7, 11) is 0. The van der Waals surface area contributed by atoms with Crippen molar-refractivity contribution in [3.63, 3.8) is 0 Å². The predicted molar refractivity (Wildman–Crippen MR) is 81.4 cm³/mol. The van der Waals surface area contributed by atoms with Crippen LogP contribution in [0.5, 0.6) is 0 Å². The number of hydrogen-bond acceptors (Lipinski definition) is 2. The molecule has 0 aliphatic carbocycles. The van der Waals surface area contributed by atoms with Gasteiger partial charge < -0.3 is 5.32 Å². The largest absolute Gasteiger partial charge is 0.314 e. The summed E-state index contributed by atoms with van der Waals surface area (Å²) in [6, 6.07) is 8.90. The van der Waals surface area contributed by atoms with E-state index in [0.29, 0.717) is 6.04 Å². The van der Waals surface area contributed by atoms with Crippen molar-refractivity contribution >= 4 is 10.9 Å². The molecule has 1 atom stereocenters. The van der Waals surface area contributed by atoms with Gasteiger partial charge in [-0.1, -0.05) is 31.2 Å². The van der Waals surface area contributed by atoms with Gasteiger partial charge in [-0.2, -0.15) is 5.10 Å². The minimum absolute atomic E-state index is 0.422. The summed E-state index contributed by atoms with van der Waals surface area (Å²) in [5, 5.41) is 9.53. The van der Waals surface area contributed by atoms with Gasteiger partial charge in [0.2, 0.25) is 0 Å². The van der Waals surface area contributed by atoms with Gasteiger partial charge in [-0.05, 0) is 26.0 Å². The Morgan fingerprint density at radius 1 is 1.37 bits per heavy atom. The van der Waals surface area contributed by atoms with Crippen LogP contribution < -0.4 is 5.32 Å². The third-order valence-corrected chi connectivity index (χ3v) is 3.42. The molecule has 0 saturated carbocycles. The van der Waals surface area contributed by atoms with Gasteiger partial charge in [-0.3, -0.25) is 4.68 Å². The maximum atomic E-state index is 4.75. The normalized spacial score (nSPS) is 12.7. The van der Waals surface area contributed by atoms with Crippen molar-refractivity contribution in [2.75, 3.05) is 6.54 Å². The molecule has 1 heterocycles. The lowest BCUT2D eigenvalue weighted by Crippen LogP contribution is -2.30. The van der Waals surface area contributed by atoms with Gasteiger partial charge in [-0.25, -0.2) is 0 Å². The highest BCUT2D eigenvalue weighted by Crippen LogP contribution is 2.20. The van der Waals surface area contributed by atoms with E-state index in [0.717, 1.165) is 25.9 Å². The maximum absolute atomic E-state index is 4.75. The molecule has 0 aliphatic rings. The van der Waals surface area contributed by atoms with Crippen LogP contribution >= 0.6 is 0 Å². The second kappa shape index (κ2) is 6.53. The number of fused-ring (bicyclic) bond motifs is 1. The zero-order valence-corrected chi connectivity index (χ0v) is 11.9. The van der Waals surface area contributed by atoms with Gasteiger partial charge in [0.15, 0.2) is 0 Å². The molecule has 2 rings (SSSR count).